The van der Waals surface area contributed by atoms with E-state index < -0.39 is 252 Å². The third-order valence-corrected chi connectivity index (χ3v) is 19.9. The van der Waals surface area contributed by atoms with E-state index in [2.05, 4.69) is 63.8 Å². The molecule has 4 rings (SSSR count). The van der Waals surface area contributed by atoms with Gasteiger partial charge in [0.15, 0.2) is 0 Å². The Morgan fingerprint density at radius 1 is 0.173 bits per heavy atom. The lowest BCUT2D eigenvalue weighted by Gasteiger charge is -2.26. The molecule has 0 aliphatic heterocycles. The van der Waals surface area contributed by atoms with Gasteiger partial charge in [0.05, 0.1) is 42.7 Å². The van der Waals surface area contributed by atoms with E-state index in [1.807, 2.05) is 0 Å². The number of benzene rings is 4. The summed E-state index contributed by atoms with van der Waals surface area (Å²) >= 11 is 0. The largest absolute Gasteiger partial charge is 0.467 e. The predicted octanol–water partition coefficient (Wildman–Crippen LogP) is 10.6. The second kappa shape index (κ2) is 55.7. The topological polar surface area (TPSA) is 590 Å². The average molecular weight is 2110 g/mol. The highest BCUT2D eigenvalue weighted by Crippen LogP contribution is 2.27. The van der Waals surface area contributed by atoms with Gasteiger partial charge in [-0.15, -0.1) is 0 Å². The van der Waals surface area contributed by atoms with E-state index in [1.165, 1.54) is 18.2 Å². The molecule has 0 saturated carbocycles. The first-order valence-corrected chi connectivity index (χ1v) is 48.6. The zero-order valence-corrected chi connectivity index (χ0v) is 92.6. The normalized spacial score (nSPS) is 13.7. The summed E-state index contributed by atoms with van der Waals surface area (Å²) in [6.45, 7) is 41.6. The molecule has 0 saturated heterocycles. The van der Waals surface area contributed by atoms with Crippen LogP contribution in [0.25, 0.3) is 0 Å². The second-order valence-electron chi connectivity index (χ2n) is 44.5. The third-order valence-electron chi connectivity index (χ3n) is 19.9. The average Bonchev–Trinajstić information content (AvgIpc) is 0.872. The first-order valence-electron chi connectivity index (χ1n) is 48.6. The Hall–Kier alpha value is -14.5. The summed E-state index contributed by atoms with van der Waals surface area (Å²) in [6.07, 6.45) is -12.8. The zero-order chi connectivity index (χ0) is 114. The number of ether oxygens (including phenoxy) is 15. The smallest absolute Gasteiger partial charge is 0.408 e. The van der Waals surface area contributed by atoms with Crippen LogP contribution in [-0.4, -0.2) is 256 Å². The van der Waals surface area contributed by atoms with Gasteiger partial charge >= 0.3 is 90.7 Å². The molecule has 9 atom stereocenters. The summed E-state index contributed by atoms with van der Waals surface area (Å²) in [4.78, 5) is 252. The van der Waals surface area contributed by atoms with Crippen molar-refractivity contribution < 1.29 is 157 Å². The summed E-state index contributed by atoms with van der Waals surface area (Å²) < 4.78 is 81.0. The summed E-state index contributed by atoms with van der Waals surface area (Å²) in [5.41, 5.74) is -7.00. The first kappa shape index (κ1) is 128. The highest BCUT2D eigenvalue weighted by atomic mass is 16.6. The summed E-state index contributed by atoms with van der Waals surface area (Å²) in [6, 6.07) is 4.81. The first-order chi connectivity index (χ1) is 68.9. The van der Waals surface area contributed by atoms with Crippen LogP contribution in [0.15, 0.2) is 72.8 Å². The molecule has 0 radical (unpaired) electrons. The molecule has 0 aromatic heterocycles. The number of esters is 6. The van der Waals surface area contributed by atoms with Gasteiger partial charge in [-0.2, -0.15) is 0 Å². The Kier molecular flexibility index (Phi) is 47.5. The quantitative estimate of drug-likeness (QED) is 0.0145. The molecule has 4 aromatic carbocycles. The van der Waals surface area contributed by atoms with Gasteiger partial charge in [0.1, 0.15) is 105 Å². The van der Waals surface area contributed by atoms with Crippen molar-refractivity contribution in [1.82, 2.24) is 63.8 Å². The molecule has 0 aliphatic rings. The van der Waals surface area contributed by atoms with Gasteiger partial charge in [-0.3, -0.25) is 14.4 Å². The molecule has 0 fully saturated rings. The van der Waals surface area contributed by atoms with Crippen LogP contribution in [0.4, 0.5) is 43.2 Å². The van der Waals surface area contributed by atoms with Gasteiger partial charge in [-0.1, -0.05) is 72.8 Å². The molecule has 4 aromatic rings. The maximum absolute atomic E-state index is 15.6. The Labute approximate surface area is 876 Å². The van der Waals surface area contributed by atoms with Crippen LogP contribution in [0, 0.1) is 0 Å². The van der Waals surface area contributed by atoms with Crippen molar-refractivity contribution in [3.8, 4) is 0 Å². The number of alkyl carbamates (subject to hydrolysis) is 9. The van der Waals surface area contributed by atoms with Crippen LogP contribution in [0.1, 0.15) is 254 Å². The van der Waals surface area contributed by atoms with Crippen molar-refractivity contribution in [2.75, 3.05) is 42.7 Å². The van der Waals surface area contributed by atoms with Gasteiger partial charge in [0, 0.05) is 77.4 Å². The Balaban J connectivity index is 2.22. The minimum atomic E-state index is -1.70. The van der Waals surface area contributed by atoms with E-state index in [9.17, 15) is 71.9 Å². The molecule has 0 bridgehead atoms. The van der Waals surface area contributed by atoms with Gasteiger partial charge in [-0.25, -0.2) is 71.9 Å². The SMILES string of the molecule is COC(=O)[C@H](Cc1cc(CNC(=O)[C@H](Cc2cc(C[C@H](NC(=O)OC(C)(C)C)C(=O)NCc3cc(C[C@H](NC(=O)OC(C)(C)C)C(=O)OC)cc(C[C@H](NC(=O)OC(C)(C)C)C(=O)OC)c3)cc(C[C@H](NC(=O)OC(C)(C)C)C(=O)NCc3cc(C[C@H](NC(=O)OC(C)(C)C)C(=O)OC)cc(C[C@H](NC(=O)OC(C)(C)C)C(=O)OC)c3)c2)NC(=O)OC(C)(C)C)cc(C[C@H](NC(=O)OC(C)(C)C)C(=O)OC)c1)NC(=O)OC(C)(C)C. The molecule has 150 heavy (non-hydrogen) atoms. The lowest BCUT2D eigenvalue weighted by molar-refractivity contribution is -0.143. The number of methoxy groups -OCH3 is 6. The molecular weight excluding hydrogens is 1960 g/mol. The highest BCUT2D eigenvalue weighted by molar-refractivity contribution is 5.90. The highest BCUT2D eigenvalue weighted by Gasteiger charge is 2.38. The maximum atomic E-state index is 15.6. The molecule has 0 spiro atoms. The van der Waals surface area contributed by atoms with Crippen LogP contribution in [-0.2, 0) is 192 Å². The molecule has 12 amide bonds. The van der Waals surface area contributed by atoms with Crippen molar-refractivity contribution >= 4 is 108 Å². The lowest BCUT2D eigenvalue weighted by atomic mass is 9.93. The van der Waals surface area contributed by atoms with Crippen LogP contribution in [0.3, 0.4) is 0 Å². The molecule has 0 aliphatic carbocycles. The number of hydrogen-bond donors (Lipinski definition) is 12. The Bertz CT molecular complexity index is 4660. The molecule has 0 heterocycles. The van der Waals surface area contributed by atoms with Crippen LogP contribution in [0.2, 0.25) is 0 Å². The third kappa shape index (κ3) is 51.4. The monoisotopic (exact) mass is 2110 g/mol. The maximum Gasteiger partial charge on any atom is 0.408 e. The summed E-state index contributed by atoms with van der Waals surface area (Å²) in [5, 5.41) is 31.8. The Morgan fingerprint density at radius 3 is 0.380 bits per heavy atom. The van der Waals surface area contributed by atoms with E-state index in [-0.39, 0.29) is 105 Å². The molecule has 12 N–H and O–H groups in total. The molecule has 45 nitrogen and oxygen atoms in total. The van der Waals surface area contributed by atoms with Gasteiger partial charge in [-0.05, 0) is 254 Å². The fourth-order valence-corrected chi connectivity index (χ4v) is 14.5. The predicted molar refractivity (Wildman–Crippen MR) is 545 cm³/mol. The van der Waals surface area contributed by atoms with Gasteiger partial charge in [0.2, 0.25) is 17.7 Å². The molecule has 834 valence electrons. The van der Waals surface area contributed by atoms with E-state index in [1.54, 1.807) is 242 Å². The zero-order valence-electron chi connectivity index (χ0n) is 92.6. The number of carbonyl (C=O) groups excluding carboxylic acids is 18. The molecule has 45 heteroatoms. The molecule has 0 unspecified atom stereocenters. The van der Waals surface area contributed by atoms with E-state index in [0.717, 1.165) is 42.7 Å². The minimum absolute atomic E-state index is 0.123. The van der Waals surface area contributed by atoms with Crippen LogP contribution >= 0.6 is 0 Å². The van der Waals surface area contributed by atoms with Crippen molar-refractivity contribution in [3.63, 3.8) is 0 Å². The van der Waals surface area contributed by atoms with Crippen molar-refractivity contribution in [1.29, 1.82) is 0 Å². The second-order valence-corrected chi connectivity index (χ2v) is 44.5. The fraction of sp³-hybridized carbons (Fsp3) is 0.600. The standard InChI is InChI=1S/C105H156N12O33/c1-97(2,3)142-88(127)109-70(79(118)106-55-67-40-61(49-73(82(121)136-28)112-91(130)145-100(10,11)12)37-62(41-67)50-74(83(122)137-29)113-92(131)146-101(13,14)15)46-58-34-59(47-71(110-89(128)143-98(4,5)6)80(119)107-56-68-42-63(51-75(84(123)138-30)114-93(132)147-102(16,17)18)38-64(43-68)52-76(85(124)139-31)115-94(133)148-103(19,20)21)36-60(35-58)48-72(111-90(129)144-99(7,8)9)81(120)108-57-69-44-65(53-77(86(125)140-32)116-95(134)149-104(22,23)24)39-66(45-69)54-78(87(126)141-33)117-96(135)150-105(25,26)27/h34-45,70-78H,46-57H2,1-33H3,(H,106,118)(H,107,119)(H,108,120)(H,109,127)(H,110,128)(H,111,129)(H,112,130)(H,113,131)(H,114,132)(H,115,133)(H,116,134)(H,117,135)/t70-,71-,72-,73-,74-,75-,76-,77-,78-/m0/s1. The van der Waals surface area contributed by atoms with Gasteiger partial charge < -0.3 is 135 Å². The van der Waals surface area contributed by atoms with E-state index >= 15 is 14.4 Å². The fourth-order valence-electron chi connectivity index (χ4n) is 14.5. The number of nitrogens with one attached hydrogen (secondary N) is 12. The van der Waals surface area contributed by atoms with Crippen LogP contribution < -0.4 is 63.8 Å². The number of amides is 12. The number of hydrogen-bond acceptors (Lipinski definition) is 33. The number of carbonyl (C=O) groups is 18. The molecular formula is C105H156N12O33. The van der Waals surface area contributed by atoms with Crippen molar-refractivity contribution in [2.45, 2.75) is 369 Å². The number of rotatable bonds is 42. The summed E-state index contributed by atoms with van der Waals surface area (Å²) in [7, 11) is 6.57. The lowest BCUT2D eigenvalue weighted by Crippen LogP contribution is -2.50. The minimum Gasteiger partial charge on any atom is -0.467 e. The van der Waals surface area contributed by atoms with Gasteiger partial charge in [0.25, 0.3) is 0 Å². The van der Waals surface area contributed by atoms with Crippen LogP contribution in [0.5, 0.6) is 0 Å². The Morgan fingerprint density at radius 2 is 0.273 bits per heavy atom. The summed E-state index contributed by atoms with van der Waals surface area (Å²) in [5.74, 6) is -8.23. The van der Waals surface area contributed by atoms with Crippen molar-refractivity contribution in [2.24, 2.45) is 0 Å². The van der Waals surface area contributed by atoms with E-state index in [0.29, 0.717) is 0 Å². The van der Waals surface area contributed by atoms with Crippen molar-refractivity contribution in [3.05, 3.63) is 140 Å². The van der Waals surface area contributed by atoms with E-state index in [4.69, 9.17) is 71.1 Å².